The van der Waals surface area contributed by atoms with Crippen molar-refractivity contribution in [1.82, 2.24) is 5.32 Å². The highest BCUT2D eigenvalue weighted by atomic mass is 14.9. The summed E-state index contributed by atoms with van der Waals surface area (Å²) in [7, 11) is 0. The molecule has 0 radical (unpaired) electrons. The van der Waals surface area contributed by atoms with Crippen molar-refractivity contribution in [3.8, 4) is 0 Å². The zero-order valence-corrected chi connectivity index (χ0v) is 8.06. The fourth-order valence-corrected chi connectivity index (χ4v) is 1.91. The molecule has 1 unspecified atom stereocenters. The molecule has 66 valence electrons. The van der Waals surface area contributed by atoms with Crippen LogP contribution in [0.15, 0.2) is 0 Å². The fourth-order valence-electron chi connectivity index (χ4n) is 1.91. The first kappa shape index (κ1) is 9.05. The molecule has 1 heterocycles. The van der Waals surface area contributed by atoms with Gasteiger partial charge in [0.05, 0.1) is 0 Å². The van der Waals surface area contributed by atoms with Crippen molar-refractivity contribution in [2.24, 2.45) is 17.8 Å². The van der Waals surface area contributed by atoms with Crippen molar-refractivity contribution in [3.05, 3.63) is 0 Å². The first-order valence-electron chi connectivity index (χ1n) is 4.92. The van der Waals surface area contributed by atoms with Crippen molar-refractivity contribution in [3.63, 3.8) is 0 Å². The second-order valence-corrected chi connectivity index (χ2v) is 4.19. The minimum absolute atomic E-state index is 0.859. The Bertz CT molecular complexity index is 103. The van der Waals surface area contributed by atoms with Gasteiger partial charge in [0, 0.05) is 0 Å². The smallest absolute Gasteiger partial charge is 0.00462 e. The van der Waals surface area contributed by atoms with E-state index in [9.17, 15) is 0 Å². The summed E-state index contributed by atoms with van der Waals surface area (Å²) in [6.07, 6.45) is 2.78. The Morgan fingerprint density at radius 3 is 2.09 bits per heavy atom. The van der Waals surface area contributed by atoms with E-state index in [0.717, 1.165) is 17.8 Å². The normalized spacial score (nSPS) is 24.0. The lowest BCUT2D eigenvalue weighted by atomic mass is 9.80. The van der Waals surface area contributed by atoms with Crippen LogP contribution in [0.5, 0.6) is 0 Å². The zero-order valence-electron chi connectivity index (χ0n) is 8.06. The van der Waals surface area contributed by atoms with Crippen LogP contribution in [0.25, 0.3) is 0 Å². The number of rotatable bonds is 2. The van der Waals surface area contributed by atoms with Gasteiger partial charge in [0.2, 0.25) is 0 Å². The van der Waals surface area contributed by atoms with E-state index in [4.69, 9.17) is 0 Å². The Kier molecular flexibility index (Phi) is 3.38. The number of nitrogens with one attached hydrogen (secondary N) is 1. The molecule has 0 bridgehead atoms. The van der Waals surface area contributed by atoms with E-state index in [1.807, 2.05) is 0 Å². The molecular weight excluding hydrogens is 134 g/mol. The Labute approximate surface area is 70.6 Å². The highest BCUT2D eigenvalue weighted by molar-refractivity contribution is 4.74. The molecule has 0 aromatic carbocycles. The number of hydrogen-bond acceptors (Lipinski definition) is 1. The van der Waals surface area contributed by atoms with Crippen LogP contribution in [0.3, 0.4) is 0 Å². The molecule has 1 aliphatic heterocycles. The maximum Gasteiger partial charge on any atom is -0.00462 e. The molecule has 1 rings (SSSR count). The van der Waals surface area contributed by atoms with Gasteiger partial charge in [-0.15, -0.1) is 0 Å². The van der Waals surface area contributed by atoms with Crippen LogP contribution in [-0.4, -0.2) is 13.1 Å². The van der Waals surface area contributed by atoms with Crippen molar-refractivity contribution in [2.45, 2.75) is 33.6 Å². The maximum atomic E-state index is 3.41. The highest BCUT2D eigenvalue weighted by Crippen LogP contribution is 2.27. The summed E-state index contributed by atoms with van der Waals surface area (Å²) < 4.78 is 0. The fraction of sp³-hybridized carbons (Fsp3) is 1.00. The first-order chi connectivity index (χ1) is 5.22. The molecular formula is C10H21N. The SMILES string of the molecule is CC(C)C(C)C1CCNCC1. The molecule has 0 aromatic rings. The van der Waals surface area contributed by atoms with Crippen LogP contribution < -0.4 is 5.32 Å². The Hall–Kier alpha value is -0.0400. The predicted molar refractivity (Wildman–Crippen MR) is 49.6 cm³/mol. The van der Waals surface area contributed by atoms with E-state index in [-0.39, 0.29) is 0 Å². The number of piperidine rings is 1. The summed E-state index contributed by atoms with van der Waals surface area (Å²) in [5, 5.41) is 3.41. The first-order valence-corrected chi connectivity index (χ1v) is 4.92. The van der Waals surface area contributed by atoms with Crippen molar-refractivity contribution >= 4 is 0 Å². The van der Waals surface area contributed by atoms with Gasteiger partial charge in [-0.2, -0.15) is 0 Å². The van der Waals surface area contributed by atoms with Gasteiger partial charge in [-0.05, 0) is 43.7 Å². The maximum absolute atomic E-state index is 3.41. The quantitative estimate of drug-likeness (QED) is 0.645. The van der Waals surface area contributed by atoms with Gasteiger partial charge in [-0.1, -0.05) is 20.8 Å². The van der Waals surface area contributed by atoms with Crippen molar-refractivity contribution < 1.29 is 0 Å². The molecule has 11 heavy (non-hydrogen) atoms. The van der Waals surface area contributed by atoms with Crippen LogP contribution >= 0.6 is 0 Å². The molecule has 1 heteroatoms. The minimum Gasteiger partial charge on any atom is -0.317 e. The number of hydrogen-bond donors (Lipinski definition) is 1. The third-order valence-electron chi connectivity index (χ3n) is 3.18. The van der Waals surface area contributed by atoms with E-state index in [2.05, 4.69) is 26.1 Å². The third-order valence-corrected chi connectivity index (χ3v) is 3.18. The van der Waals surface area contributed by atoms with Gasteiger partial charge in [0.25, 0.3) is 0 Å². The van der Waals surface area contributed by atoms with Gasteiger partial charge in [0.15, 0.2) is 0 Å². The Morgan fingerprint density at radius 2 is 1.64 bits per heavy atom. The zero-order chi connectivity index (χ0) is 8.27. The molecule has 1 fully saturated rings. The molecule has 1 atom stereocenters. The molecule has 0 spiro atoms. The molecule has 1 N–H and O–H groups in total. The standard InChI is InChI=1S/C10H21N/c1-8(2)9(3)10-4-6-11-7-5-10/h8-11H,4-7H2,1-3H3. The topological polar surface area (TPSA) is 12.0 Å². The molecule has 1 nitrogen and oxygen atoms in total. The van der Waals surface area contributed by atoms with Crippen LogP contribution in [-0.2, 0) is 0 Å². The van der Waals surface area contributed by atoms with Crippen LogP contribution in [0.4, 0.5) is 0 Å². The van der Waals surface area contributed by atoms with Gasteiger partial charge in [-0.3, -0.25) is 0 Å². The average molecular weight is 155 g/mol. The molecule has 1 saturated heterocycles. The van der Waals surface area contributed by atoms with Gasteiger partial charge < -0.3 is 5.32 Å². The molecule has 0 aromatic heterocycles. The Balaban J connectivity index is 2.32. The lowest BCUT2D eigenvalue weighted by Gasteiger charge is -2.30. The molecule has 1 aliphatic rings. The lowest BCUT2D eigenvalue weighted by Crippen LogP contribution is -2.32. The lowest BCUT2D eigenvalue weighted by molar-refractivity contribution is 0.222. The predicted octanol–water partition coefficient (Wildman–Crippen LogP) is 2.28. The Morgan fingerprint density at radius 1 is 1.09 bits per heavy atom. The average Bonchev–Trinajstić information content (AvgIpc) is 2.05. The summed E-state index contributed by atoms with van der Waals surface area (Å²) in [5.74, 6) is 2.76. The molecule has 0 amide bonds. The van der Waals surface area contributed by atoms with Crippen LogP contribution in [0.2, 0.25) is 0 Å². The van der Waals surface area contributed by atoms with Crippen molar-refractivity contribution in [2.75, 3.05) is 13.1 Å². The molecule has 0 saturated carbocycles. The van der Waals surface area contributed by atoms with E-state index in [1.165, 1.54) is 25.9 Å². The second kappa shape index (κ2) is 4.10. The molecule has 0 aliphatic carbocycles. The highest BCUT2D eigenvalue weighted by Gasteiger charge is 2.21. The van der Waals surface area contributed by atoms with Crippen LogP contribution in [0.1, 0.15) is 33.6 Å². The third kappa shape index (κ3) is 2.48. The van der Waals surface area contributed by atoms with Crippen LogP contribution in [0, 0.1) is 17.8 Å². The summed E-state index contributed by atoms with van der Waals surface area (Å²) in [5.41, 5.74) is 0. The van der Waals surface area contributed by atoms with Crippen molar-refractivity contribution in [1.29, 1.82) is 0 Å². The summed E-state index contributed by atoms with van der Waals surface area (Å²) in [4.78, 5) is 0. The van der Waals surface area contributed by atoms with E-state index >= 15 is 0 Å². The monoisotopic (exact) mass is 155 g/mol. The van der Waals surface area contributed by atoms with Gasteiger partial charge in [0.1, 0.15) is 0 Å². The second-order valence-electron chi connectivity index (χ2n) is 4.19. The summed E-state index contributed by atoms with van der Waals surface area (Å²) in [6.45, 7) is 9.56. The van der Waals surface area contributed by atoms with E-state index in [1.54, 1.807) is 0 Å². The minimum atomic E-state index is 0.859. The summed E-state index contributed by atoms with van der Waals surface area (Å²) >= 11 is 0. The van der Waals surface area contributed by atoms with E-state index in [0.29, 0.717) is 0 Å². The summed E-state index contributed by atoms with van der Waals surface area (Å²) in [6, 6.07) is 0. The van der Waals surface area contributed by atoms with Gasteiger partial charge >= 0.3 is 0 Å². The largest absolute Gasteiger partial charge is 0.317 e. The van der Waals surface area contributed by atoms with Gasteiger partial charge in [-0.25, -0.2) is 0 Å². The van der Waals surface area contributed by atoms with E-state index < -0.39 is 0 Å².